The standard InChI is InChI=1S/C18H20ClN3OS2/c1-3-21(4-2)11-12-22(17(23)15-9-10-16(19)24-15)18-20-13-7-5-6-8-14(13)25-18/h5-10H,3-4,11-12H2,1-2H3/p+1. The Morgan fingerprint density at radius 1 is 1.16 bits per heavy atom. The Morgan fingerprint density at radius 3 is 2.56 bits per heavy atom. The zero-order chi connectivity index (χ0) is 17.8. The van der Waals surface area contributed by atoms with Crippen molar-refractivity contribution >= 4 is 55.5 Å². The summed E-state index contributed by atoms with van der Waals surface area (Å²) in [5.74, 6) is -0.0255. The fourth-order valence-corrected chi connectivity index (χ4v) is 4.68. The van der Waals surface area contributed by atoms with Crippen LogP contribution in [0.5, 0.6) is 0 Å². The number of likely N-dealkylation sites (N-methyl/N-ethyl adjacent to an activating group) is 1. The molecule has 3 aromatic rings. The minimum atomic E-state index is -0.0255. The average Bonchev–Trinajstić information content (AvgIpc) is 3.24. The summed E-state index contributed by atoms with van der Waals surface area (Å²) in [7, 11) is 0. The van der Waals surface area contributed by atoms with Crippen LogP contribution in [0, 0.1) is 0 Å². The number of carbonyl (C=O) groups is 1. The summed E-state index contributed by atoms with van der Waals surface area (Å²) >= 11 is 8.90. The van der Waals surface area contributed by atoms with Crippen molar-refractivity contribution in [3.05, 3.63) is 45.6 Å². The lowest BCUT2D eigenvalue weighted by Crippen LogP contribution is -3.12. The molecule has 1 aromatic carbocycles. The van der Waals surface area contributed by atoms with E-state index in [9.17, 15) is 4.79 Å². The highest BCUT2D eigenvalue weighted by Crippen LogP contribution is 2.31. The van der Waals surface area contributed by atoms with Crippen LogP contribution in [0.1, 0.15) is 23.5 Å². The van der Waals surface area contributed by atoms with Crippen LogP contribution < -0.4 is 9.80 Å². The number of hydrogen-bond acceptors (Lipinski definition) is 4. The fraction of sp³-hybridized carbons (Fsp3) is 0.333. The van der Waals surface area contributed by atoms with Crippen LogP contribution in [0.15, 0.2) is 36.4 Å². The van der Waals surface area contributed by atoms with Crippen molar-refractivity contribution in [1.29, 1.82) is 0 Å². The van der Waals surface area contributed by atoms with Gasteiger partial charge in [-0.05, 0) is 38.1 Å². The van der Waals surface area contributed by atoms with Crippen LogP contribution in [0.3, 0.4) is 0 Å². The third-order valence-corrected chi connectivity index (χ3v) is 6.51. The smallest absolute Gasteiger partial charge is 0.270 e. The van der Waals surface area contributed by atoms with Gasteiger partial charge in [0.25, 0.3) is 5.91 Å². The molecule has 0 radical (unpaired) electrons. The lowest BCUT2D eigenvalue weighted by molar-refractivity contribution is -0.894. The second-order valence-corrected chi connectivity index (χ2v) is 8.46. The van der Waals surface area contributed by atoms with Gasteiger partial charge in [-0.15, -0.1) is 11.3 Å². The number of anilines is 1. The second-order valence-electron chi connectivity index (χ2n) is 5.73. The number of amides is 1. The largest absolute Gasteiger partial charge is 0.334 e. The maximum atomic E-state index is 13.1. The molecule has 1 N–H and O–H groups in total. The average molecular weight is 395 g/mol. The Hall–Kier alpha value is -1.47. The highest BCUT2D eigenvalue weighted by Gasteiger charge is 2.23. The van der Waals surface area contributed by atoms with Crippen LogP contribution in [-0.4, -0.2) is 37.1 Å². The van der Waals surface area contributed by atoms with E-state index >= 15 is 0 Å². The number of rotatable bonds is 7. The first kappa shape index (κ1) is 18.3. The molecule has 132 valence electrons. The summed E-state index contributed by atoms with van der Waals surface area (Å²) in [5, 5.41) is 0.752. The second kappa shape index (κ2) is 8.27. The van der Waals surface area contributed by atoms with Crippen LogP contribution in [0.2, 0.25) is 4.34 Å². The number of fused-ring (bicyclic) bond motifs is 1. The van der Waals surface area contributed by atoms with Crippen molar-refractivity contribution in [2.75, 3.05) is 31.1 Å². The van der Waals surface area contributed by atoms with E-state index in [2.05, 4.69) is 18.8 Å². The van der Waals surface area contributed by atoms with E-state index in [1.165, 1.54) is 16.2 Å². The number of benzene rings is 1. The van der Waals surface area contributed by atoms with Crippen molar-refractivity contribution in [3.8, 4) is 0 Å². The minimum absolute atomic E-state index is 0.0255. The quantitative estimate of drug-likeness (QED) is 0.665. The monoisotopic (exact) mass is 394 g/mol. The molecular weight excluding hydrogens is 374 g/mol. The van der Waals surface area contributed by atoms with Crippen molar-refractivity contribution in [3.63, 3.8) is 0 Å². The number of carbonyl (C=O) groups excluding carboxylic acids is 1. The number of hydrogen-bond donors (Lipinski definition) is 1. The molecule has 0 bridgehead atoms. The maximum absolute atomic E-state index is 13.1. The van der Waals surface area contributed by atoms with E-state index < -0.39 is 0 Å². The summed E-state index contributed by atoms with van der Waals surface area (Å²) in [6, 6.07) is 11.5. The van der Waals surface area contributed by atoms with E-state index in [0.29, 0.717) is 15.8 Å². The van der Waals surface area contributed by atoms with Crippen LogP contribution in [0.25, 0.3) is 10.2 Å². The maximum Gasteiger partial charge on any atom is 0.270 e. The summed E-state index contributed by atoms with van der Waals surface area (Å²) in [4.78, 5) is 21.7. The SMILES string of the molecule is CC[NH+](CC)CCN(C(=O)c1ccc(Cl)s1)c1nc2ccccc2s1. The lowest BCUT2D eigenvalue weighted by Gasteiger charge is -2.22. The third kappa shape index (κ3) is 4.20. The van der Waals surface area contributed by atoms with Gasteiger partial charge in [-0.1, -0.05) is 35.1 Å². The van der Waals surface area contributed by atoms with Gasteiger partial charge in [-0.2, -0.15) is 0 Å². The number of nitrogens with one attached hydrogen (secondary N) is 1. The minimum Gasteiger partial charge on any atom is -0.334 e. The molecular formula is C18H21ClN3OS2+. The van der Waals surface area contributed by atoms with Crippen molar-refractivity contribution in [1.82, 2.24) is 4.98 Å². The van der Waals surface area contributed by atoms with Gasteiger partial charge in [0.15, 0.2) is 5.13 Å². The first-order valence-electron chi connectivity index (χ1n) is 8.38. The van der Waals surface area contributed by atoms with Gasteiger partial charge in [0.2, 0.25) is 0 Å². The number of nitrogens with zero attached hydrogens (tertiary/aromatic N) is 2. The van der Waals surface area contributed by atoms with Crippen LogP contribution in [0.4, 0.5) is 5.13 Å². The number of thiophene rings is 1. The van der Waals surface area contributed by atoms with Crippen LogP contribution in [-0.2, 0) is 0 Å². The fourth-order valence-electron chi connectivity index (χ4n) is 2.70. The molecule has 1 amide bonds. The normalized spacial score (nSPS) is 11.4. The summed E-state index contributed by atoms with van der Waals surface area (Å²) < 4.78 is 1.72. The Bertz CT molecular complexity index is 824. The predicted molar refractivity (Wildman–Crippen MR) is 108 cm³/mol. The molecule has 25 heavy (non-hydrogen) atoms. The molecule has 0 saturated carbocycles. The summed E-state index contributed by atoms with van der Waals surface area (Å²) in [6.45, 7) is 7.97. The highest BCUT2D eigenvalue weighted by molar-refractivity contribution is 7.22. The molecule has 2 aromatic heterocycles. The number of thiazole rings is 1. The van der Waals surface area contributed by atoms with Gasteiger partial charge in [0, 0.05) is 0 Å². The van der Waals surface area contributed by atoms with E-state index in [4.69, 9.17) is 11.6 Å². The Morgan fingerprint density at radius 2 is 1.92 bits per heavy atom. The summed E-state index contributed by atoms with van der Waals surface area (Å²) in [5.41, 5.74) is 0.930. The van der Waals surface area contributed by atoms with E-state index in [-0.39, 0.29) is 5.91 Å². The van der Waals surface area contributed by atoms with E-state index in [1.54, 1.807) is 28.4 Å². The van der Waals surface area contributed by atoms with Crippen molar-refractivity contribution in [2.45, 2.75) is 13.8 Å². The molecule has 0 unspecified atom stereocenters. The molecule has 4 nitrogen and oxygen atoms in total. The molecule has 0 fully saturated rings. The molecule has 7 heteroatoms. The number of halogens is 1. The zero-order valence-electron chi connectivity index (χ0n) is 14.3. The summed E-state index contributed by atoms with van der Waals surface area (Å²) in [6.07, 6.45) is 0. The number of quaternary nitrogens is 1. The van der Waals surface area contributed by atoms with E-state index in [1.807, 2.05) is 24.3 Å². The molecule has 3 rings (SSSR count). The topological polar surface area (TPSA) is 37.6 Å². The molecule has 0 atom stereocenters. The molecule has 0 saturated heterocycles. The number of para-hydroxylation sites is 1. The van der Waals surface area contributed by atoms with E-state index in [0.717, 1.165) is 35.0 Å². The van der Waals surface area contributed by atoms with Gasteiger partial charge >= 0.3 is 0 Å². The van der Waals surface area contributed by atoms with Crippen molar-refractivity contribution < 1.29 is 9.69 Å². The highest BCUT2D eigenvalue weighted by atomic mass is 35.5. The van der Waals surface area contributed by atoms with Crippen LogP contribution >= 0.6 is 34.3 Å². The molecule has 2 heterocycles. The first-order valence-corrected chi connectivity index (χ1v) is 10.4. The van der Waals surface area contributed by atoms with Gasteiger partial charge in [0.1, 0.15) is 0 Å². The predicted octanol–water partition coefficient (Wildman–Crippen LogP) is 3.58. The Labute approximate surface area is 160 Å². The molecule has 0 aliphatic carbocycles. The Kier molecular flexibility index (Phi) is 6.06. The van der Waals surface area contributed by atoms with Gasteiger partial charge in [-0.3, -0.25) is 9.69 Å². The zero-order valence-corrected chi connectivity index (χ0v) is 16.7. The van der Waals surface area contributed by atoms with Gasteiger partial charge in [0.05, 0.1) is 45.6 Å². The molecule has 0 aliphatic rings. The lowest BCUT2D eigenvalue weighted by atomic mass is 10.3. The van der Waals surface area contributed by atoms with Gasteiger partial charge in [-0.25, -0.2) is 4.98 Å². The molecule has 0 spiro atoms. The van der Waals surface area contributed by atoms with Crippen molar-refractivity contribution in [2.24, 2.45) is 0 Å². The van der Waals surface area contributed by atoms with Gasteiger partial charge < -0.3 is 4.90 Å². The number of aromatic nitrogens is 1. The molecule has 0 aliphatic heterocycles. The third-order valence-electron chi connectivity index (χ3n) is 4.23. The first-order chi connectivity index (χ1) is 12.1. The Balaban J connectivity index is 1.91.